The highest BCUT2D eigenvalue weighted by Gasteiger charge is 1.98. The van der Waals surface area contributed by atoms with E-state index >= 15 is 0 Å². The van der Waals surface area contributed by atoms with E-state index in [1.54, 1.807) is 12.4 Å². The largest absolute Gasteiger partial charge is 0.325 e. The Morgan fingerprint density at radius 1 is 1.30 bits per heavy atom. The predicted molar refractivity (Wildman–Crippen MR) is 47.6 cm³/mol. The highest BCUT2D eigenvalue weighted by molar-refractivity contribution is 14.1. The maximum absolute atomic E-state index is 5.42. The number of rotatable bonds is 2. The first-order valence-electron chi connectivity index (χ1n) is 2.93. The van der Waals surface area contributed by atoms with Gasteiger partial charge in [-0.1, -0.05) is 22.6 Å². The number of halogens is 1. The predicted octanol–water partition coefficient (Wildman–Crippen LogP) is 0.870. The van der Waals surface area contributed by atoms with Gasteiger partial charge in [0, 0.05) is 23.4 Å². The molecule has 0 aliphatic rings. The average molecular weight is 249 g/mol. The summed E-state index contributed by atoms with van der Waals surface area (Å²) >= 11 is 2.24. The third kappa shape index (κ3) is 1.63. The van der Waals surface area contributed by atoms with Crippen LogP contribution < -0.4 is 5.73 Å². The van der Waals surface area contributed by atoms with Crippen LogP contribution in [0.1, 0.15) is 11.4 Å². The van der Waals surface area contributed by atoms with Gasteiger partial charge in [-0.05, 0) is 0 Å². The Morgan fingerprint density at radius 2 is 1.90 bits per heavy atom. The first-order chi connectivity index (χ1) is 4.88. The van der Waals surface area contributed by atoms with E-state index in [4.69, 9.17) is 5.73 Å². The highest BCUT2D eigenvalue weighted by Crippen LogP contribution is 2.04. The molecule has 1 heterocycles. The van der Waals surface area contributed by atoms with E-state index in [-0.39, 0.29) is 0 Å². The zero-order chi connectivity index (χ0) is 7.40. The van der Waals surface area contributed by atoms with Crippen molar-refractivity contribution in [3.05, 3.63) is 23.8 Å². The van der Waals surface area contributed by atoms with E-state index in [2.05, 4.69) is 32.6 Å². The van der Waals surface area contributed by atoms with Crippen LogP contribution in [0.2, 0.25) is 0 Å². The van der Waals surface area contributed by atoms with Gasteiger partial charge in [0.25, 0.3) is 0 Å². The van der Waals surface area contributed by atoms with E-state index in [1.807, 2.05) is 0 Å². The van der Waals surface area contributed by atoms with E-state index in [0.29, 0.717) is 6.54 Å². The molecule has 0 bridgehead atoms. The van der Waals surface area contributed by atoms with Crippen LogP contribution in [-0.4, -0.2) is 9.97 Å². The van der Waals surface area contributed by atoms with E-state index in [0.717, 1.165) is 15.8 Å². The van der Waals surface area contributed by atoms with Crippen molar-refractivity contribution < 1.29 is 0 Å². The quantitative estimate of drug-likeness (QED) is 0.625. The molecule has 0 fully saturated rings. The zero-order valence-corrected chi connectivity index (χ0v) is 7.58. The lowest BCUT2D eigenvalue weighted by molar-refractivity contribution is 0.927. The summed E-state index contributed by atoms with van der Waals surface area (Å²) in [7, 11) is 0. The molecule has 4 heteroatoms. The smallest absolute Gasteiger partial charge is 0.0762 e. The molecule has 1 aromatic rings. The van der Waals surface area contributed by atoms with Gasteiger partial charge in [0.2, 0.25) is 0 Å². The molecular formula is C6H8IN3. The Balaban J connectivity index is 2.96. The highest BCUT2D eigenvalue weighted by atomic mass is 127. The molecule has 0 saturated carbocycles. The van der Waals surface area contributed by atoms with Crippen LogP contribution in [0.15, 0.2) is 12.4 Å². The molecule has 0 spiro atoms. The number of hydrogen-bond acceptors (Lipinski definition) is 3. The number of nitrogens with zero attached hydrogens (tertiary/aromatic N) is 2. The Labute approximate surface area is 73.2 Å². The van der Waals surface area contributed by atoms with E-state index in [9.17, 15) is 0 Å². The van der Waals surface area contributed by atoms with Gasteiger partial charge in [0.05, 0.1) is 11.4 Å². The first kappa shape index (κ1) is 7.87. The molecule has 1 aromatic heterocycles. The SMILES string of the molecule is NCc1nccnc1CI. The summed E-state index contributed by atoms with van der Waals surface area (Å²) < 4.78 is 0.873. The summed E-state index contributed by atoms with van der Waals surface area (Å²) in [5, 5.41) is 0. The number of nitrogens with two attached hydrogens (primary N) is 1. The van der Waals surface area contributed by atoms with Crippen LogP contribution in [0, 0.1) is 0 Å². The second-order valence-corrected chi connectivity index (χ2v) is 2.55. The van der Waals surface area contributed by atoms with Crippen LogP contribution in [-0.2, 0) is 11.0 Å². The van der Waals surface area contributed by atoms with Crippen LogP contribution >= 0.6 is 22.6 Å². The number of aromatic nitrogens is 2. The molecule has 0 unspecified atom stereocenters. The van der Waals surface area contributed by atoms with Gasteiger partial charge in [0.15, 0.2) is 0 Å². The van der Waals surface area contributed by atoms with Gasteiger partial charge in [-0.25, -0.2) is 0 Å². The van der Waals surface area contributed by atoms with E-state index in [1.165, 1.54) is 0 Å². The van der Waals surface area contributed by atoms with Crippen molar-refractivity contribution in [2.45, 2.75) is 11.0 Å². The molecule has 1 rings (SSSR count). The minimum Gasteiger partial charge on any atom is -0.325 e. The molecule has 0 aromatic carbocycles. The number of hydrogen-bond donors (Lipinski definition) is 1. The maximum Gasteiger partial charge on any atom is 0.0762 e. The zero-order valence-electron chi connectivity index (χ0n) is 5.42. The Morgan fingerprint density at radius 3 is 2.30 bits per heavy atom. The summed E-state index contributed by atoms with van der Waals surface area (Å²) in [5.41, 5.74) is 7.31. The third-order valence-electron chi connectivity index (χ3n) is 1.18. The van der Waals surface area contributed by atoms with Crippen LogP contribution in [0.25, 0.3) is 0 Å². The van der Waals surface area contributed by atoms with Crippen molar-refractivity contribution in [3.63, 3.8) is 0 Å². The molecule has 0 radical (unpaired) electrons. The van der Waals surface area contributed by atoms with Crippen molar-refractivity contribution >= 4 is 22.6 Å². The lowest BCUT2D eigenvalue weighted by Crippen LogP contribution is -2.04. The molecule has 54 valence electrons. The summed E-state index contributed by atoms with van der Waals surface area (Å²) in [6.07, 6.45) is 3.35. The second kappa shape index (κ2) is 3.82. The topological polar surface area (TPSA) is 51.8 Å². The fourth-order valence-electron chi connectivity index (χ4n) is 0.678. The lowest BCUT2D eigenvalue weighted by Gasteiger charge is -1.99. The summed E-state index contributed by atoms with van der Waals surface area (Å²) in [6, 6.07) is 0. The molecule has 0 saturated heterocycles. The molecule has 0 atom stereocenters. The molecule has 0 amide bonds. The minimum absolute atomic E-state index is 0.478. The Hall–Kier alpha value is -0.230. The summed E-state index contributed by atoms with van der Waals surface area (Å²) in [5.74, 6) is 0. The Kier molecular flexibility index (Phi) is 3.01. The van der Waals surface area contributed by atoms with Crippen molar-refractivity contribution in [1.82, 2.24) is 9.97 Å². The van der Waals surface area contributed by atoms with Gasteiger partial charge in [-0.15, -0.1) is 0 Å². The summed E-state index contributed by atoms with van der Waals surface area (Å²) in [6.45, 7) is 0.478. The fourth-order valence-corrected chi connectivity index (χ4v) is 1.31. The molecule has 10 heavy (non-hydrogen) atoms. The monoisotopic (exact) mass is 249 g/mol. The van der Waals surface area contributed by atoms with Gasteiger partial charge in [-0.2, -0.15) is 0 Å². The van der Waals surface area contributed by atoms with Crippen LogP contribution in [0.3, 0.4) is 0 Å². The van der Waals surface area contributed by atoms with Gasteiger partial charge in [0.1, 0.15) is 0 Å². The molecule has 2 N–H and O–H groups in total. The first-order valence-corrected chi connectivity index (χ1v) is 4.46. The number of alkyl halides is 1. The van der Waals surface area contributed by atoms with Crippen molar-refractivity contribution in [2.24, 2.45) is 5.73 Å². The molecule has 3 nitrogen and oxygen atoms in total. The van der Waals surface area contributed by atoms with Crippen LogP contribution in [0.4, 0.5) is 0 Å². The summed E-state index contributed by atoms with van der Waals surface area (Å²) in [4.78, 5) is 8.19. The Bertz CT molecular complexity index is 191. The van der Waals surface area contributed by atoms with Crippen molar-refractivity contribution in [3.8, 4) is 0 Å². The molecule has 0 aliphatic heterocycles. The normalized spacial score (nSPS) is 9.80. The fraction of sp³-hybridized carbons (Fsp3) is 0.333. The van der Waals surface area contributed by atoms with Crippen molar-refractivity contribution in [1.29, 1.82) is 0 Å². The van der Waals surface area contributed by atoms with Gasteiger partial charge >= 0.3 is 0 Å². The third-order valence-corrected chi connectivity index (χ3v) is 1.90. The second-order valence-electron chi connectivity index (χ2n) is 1.79. The average Bonchev–Trinajstić information content (AvgIpc) is 2.04. The molecule has 0 aliphatic carbocycles. The van der Waals surface area contributed by atoms with Crippen molar-refractivity contribution in [2.75, 3.05) is 0 Å². The van der Waals surface area contributed by atoms with Gasteiger partial charge in [-0.3, -0.25) is 9.97 Å². The lowest BCUT2D eigenvalue weighted by atomic mass is 10.3. The minimum atomic E-state index is 0.478. The maximum atomic E-state index is 5.42. The van der Waals surface area contributed by atoms with Gasteiger partial charge < -0.3 is 5.73 Å². The van der Waals surface area contributed by atoms with E-state index < -0.39 is 0 Å². The molecular weight excluding hydrogens is 241 g/mol. The van der Waals surface area contributed by atoms with Crippen LogP contribution in [0.5, 0.6) is 0 Å². The standard InChI is InChI=1S/C6H8IN3/c7-3-5-6(4-8)10-2-1-9-5/h1-2H,3-4,8H2.